The van der Waals surface area contributed by atoms with Gasteiger partial charge in [-0.2, -0.15) is 0 Å². The number of likely N-dealkylation sites (N-methyl/N-ethyl adjacent to an activating group) is 1. The van der Waals surface area contributed by atoms with Gasteiger partial charge in [0.1, 0.15) is 5.52 Å². The lowest BCUT2D eigenvalue weighted by Gasteiger charge is -2.44. The van der Waals surface area contributed by atoms with Gasteiger partial charge in [-0.05, 0) is 26.2 Å². The van der Waals surface area contributed by atoms with Crippen LogP contribution in [0, 0.1) is 0 Å². The molecule has 0 radical (unpaired) electrons. The quantitative estimate of drug-likeness (QED) is 0.822. The van der Waals surface area contributed by atoms with Crippen LogP contribution >= 0.6 is 0 Å². The largest absolute Gasteiger partial charge is 0.366 e. The van der Waals surface area contributed by atoms with E-state index in [-0.39, 0.29) is 0 Å². The number of nitrogens with one attached hydrogen (secondary N) is 1. The van der Waals surface area contributed by atoms with Crippen molar-refractivity contribution in [2.24, 2.45) is 0 Å². The molecule has 1 aliphatic rings. The Morgan fingerprint density at radius 1 is 1.38 bits per heavy atom. The molecule has 1 aromatic heterocycles. The van der Waals surface area contributed by atoms with Crippen molar-refractivity contribution in [3.63, 3.8) is 0 Å². The van der Waals surface area contributed by atoms with E-state index in [4.69, 9.17) is 0 Å². The van der Waals surface area contributed by atoms with E-state index in [0.29, 0.717) is 6.04 Å². The molecule has 0 saturated carbocycles. The monoisotopic (exact) mass is 216 g/mol. The molecule has 0 atom stereocenters. The highest BCUT2D eigenvalue weighted by molar-refractivity contribution is 5.88. The predicted molar refractivity (Wildman–Crippen MR) is 65.8 cm³/mol. The van der Waals surface area contributed by atoms with Crippen molar-refractivity contribution < 1.29 is 0 Å². The topological polar surface area (TPSA) is 35.2 Å². The molecule has 0 bridgehead atoms. The Morgan fingerprint density at radius 2 is 2.19 bits per heavy atom. The van der Waals surface area contributed by atoms with Crippen LogP contribution in [-0.4, -0.2) is 48.1 Å². The summed E-state index contributed by atoms with van der Waals surface area (Å²) in [4.78, 5) is 12.2. The zero-order chi connectivity index (χ0) is 11.1. The second kappa shape index (κ2) is 3.49. The Bertz CT molecular complexity index is 496. The van der Waals surface area contributed by atoms with Crippen LogP contribution in [0.1, 0.15) is 0 Å². The van der Waals surface area contributed by atoms with Gasteiger partial charge in [0.2, 0.25) is 0 Å². The molecule has 0 unspecified atom stereocenters. The van der Waals surface area contributed by atoms with Crippen molar-refractivity contribution in [1.29, 1.82) is 0 Å². The fourth-order valence-electron chi connectivity index (χ4n) is 2.18. The molecule has 1 fully saturated rings. The Hall–Kier alpha value is -1.55. The normalized spacial score (nSPS) is 17.1. The number of benzene rings is 1. The van der Waals surface area contributed by atoms with Crippen LogP contribution in [0.5, 0.6) is 0 Å². The minimum Gasteiger partial charge on any atom is -0.366 e. The second-order valence-corrected chi connectivity index (χ2v) is 4.60. The van der Waals surface area contributed by atoms with E-state index < -0.39 is 0 Å². The summed E-state index contributed by atoms with van der Waals surface area (Å²) in [5.74, 6) is 0. The van der Waals surface area contributed by atoms with Gasteiger partial charge in [0.15, 0.2) is 0 Å². The maximum absolute atomic E-state index is 4.38. The fourth-order valence-corrected chi connectivity index (χ4v) is 2.18. The minimum absolute atomic E-state index is 0.675. The zero-order valence-corrected chi connectivity index (χ0v) is 9.64. The highest BCUT2D eigenvalue weighted by Crippen LogP contribution is 2.28. The first-order valence-electron chi connectivity index (χ1n) is 5.59. The molecule has 0 aliphatic carbocycles. The molecule has 2 aromatic rings. The molecule has 1 saturated heterocycles. The molecule has 1 aliphatic heterocycles. The summed E-state index contributed by atoms with van der Waals surface area (Å²) in [6.45, 7) is 2.19. The van der Waals surface area contributed by atoms with Gasteiger partial charge in [0.05, 0.1) is 17.5 Å². The van der Waals surface area contributed by atoms with Crippen LogP contribution in [0.2, 0.25) is 0 Å². The molecule has 4 heteroatoms. The van der Waals surface area contributed by atoms with Crippen LogP contribution < -0.4 is 4.90 Å². The first-order valence-corrected chi connectivity index (χ1v) is 5.59. The number of aromatic nitrogens is 2. The SMILES string of the molecule is CN(C)C1CN(c2cccc3[nH]cnc23)C1. The van der Waals surface area contributed by atoms with Crippen LogP contribution in [-0.2, 0) is 0 Å². The number of H-pyrrole nitrogens is 1. The number of rotatable bonds is 2. The van der Waals surface area contributed by atoms with Crippen LogP contribution in [0.4, 0.5) is 5.69 Å². The second-order valence-electron chi connectivity index (χ2n) is 4.60. The predicted octanol–water partition coefficient (Wildman–Crippen LogP) is 1.31. The van der Waals surface area contributed by atoms with E-state index in [0.717, 1.165) is 24.1 Å². The number of para-hydroxylation sites is 1. The molecule has 84 valence electrons. The molecule has 1 N–H and O–H groups in total. The summed E-state index contributed by atoms with van der Waals surface area (Å²) in [7, 11) is 4.27. The van der Waals surface area contributed by atoms with E-state index in [1.54, 1.807) is 6.33 Å². The lowest BCUT2D eigenvalue weighted by molar-refractivity contribution is 0.247. The van der Waals surface area contributed by atoms with E-state index in [2.05, 4.69) is 52.1 Å². The molecule has 1 aromatic carbocycles. The van der Waals surface area contributed by atoms with Gasteiger partial charge in [-0.25, -0.2) is 4.98 Å². The molecule has 16 heavy (non-hydrogen) atoms. The number of hydrogen-bond donors (Lipinski definition) is 1. The van der Waals surface area contributed by atoms with Crippen molar-refractivity contribution >= 4 is 16.7 Å². The van der Waals surface area contributed by atoms with Crippen molar-refractivity contribution in [2.45, 2.75) is 6.04 Å². The molecule has 0 amide bonds. The molecule has 4 nitrogen and oxygen atoms in total. The summed E-state index contributed by atoms with van der Waals surface area (Å²) in [5, 5.41) is 0. The Kier molecular flexibility index (Phi) is 2.11. The third-order valence-electron chi connectivity index (χ3n) is 3.36. The highest BCUT2D eigenvalue weighted by Gasteiger charge is 2.29. The summed E-state index contributed by atoms with van der Waals surface area (Å²) < 4.78 is 0. The number of fused-ring (bicyclic) bond motifs is 1. The smallest absolute Gasteiger partial charge is 0.112 e. The lowest BCUT2D eigenvalue weighted by atomic mass is 10.1. The van der Waals surface area contributed by atoms with Crippen molar-refractivity contribution in [1.82, 2.24) is 14.9 Å². The molecular weight excluding hydrogens is 200 g/mol. The van der Waals surface area contributed by atoms with E-state index in [9.17, 15) is 0 Å². The number of anilines is 1. The van der Waals surface area contributed by atoms with Gasteiger partial charge >= 0.3 is 0 Å². The summed E-state index contributed by atoms with van der Waals surface area (Å²) >= 11 is 0. The summed E-state index contributed by atoms with van der Waals surface area (Å²) in [6.07, 6.45) is 1.76. The maximum Gasteiger partial charge on any atom is 0.112 e. The fraction of sp³-hybridized carbons (Fsp3) is 0.417. The van der Waals surface area contributed by atoms with Gasteiger partial charge in [0.25, 0.3) is 0 Å². The van der Waals surface area contributed by atoms with Crippen LogP contribution in [0.3, 0.4) is 0 Å². The van der Waals surface area contributed by atoms with E-state index in [1.165, 1.54) is 5.69 Å². The van der Waals surface area contributed by atoms with E-state index in [1.807, 2.05) is 0 Å². The maximum atomic E-state index is 4.38. The van der Waals surface area contributed by atoms with Gasteiger partial charge in [0, 0.05) is 19.1 Å². The summed E-state index contributed by atoms with van der Waals surface area (Å²) in [6, 6.07) is 6.97. The third-order valence-corrected chi connectivity index (χ3v) is 3.36. The average molecular weight is 216 g/mol. The summed E-state index contributed by atoms with van der Waals surface area (Å²) in [5.41, 5.74) is 3.45. The van der Waals surface area contributed by atoms with Gasteiger partial charge in [-0.3, -0.25) is 0 Å². The number of nitrogens with zero attached hydrogens (tertiary/aromatic N) is 3. The Morgan fingerprint density at radius 3 is 2.94 bits per heavy atom. The molecular formula is C12H16N4. The van der Waals surface area contributed by atoms with Crippen LogP contribution in [0.15, 0.2) is 24.5 Å². The van der Waals surface area contributed by atoms with Gasteiger partial charge < -0.3 is 14.8 Å². The van der Waals surface area contributed by atoms with E-state index >= 15 is 0 Å². The van der Waals surface area contributed by atoms with Gasteiger partial charge in [-0.1, -0.05) is 6.07 Å². The van der Waals surface area contributed by atoms with Crippen LogP contribution in [0.25, 0.3) is 11.0 Å². The minimum atomic E-state index is 0.675. The number of imidazole rings is 1. The van der Waals surface area contributed by atoms with Crippen molar-refractivity contribution in [2.75, 3.05) is 32.1 Å². The first-order chi connectivity index (χ1) is 7.75. The number of hydrogen-bond acceptors (Lipinski definition) is 3. The first kappa shape index (κ1) is 9.66. The highest BCUT2D eigenvalue weighted by atomic mass is 15.3. The van der Waals surface area contributed by atoms with Crippen molar-refractivity contribution in [3.05, 3.63) is 24.5 Å². The molecule has 0 spiro atoms. The van der Waals surface area contributed by atoms with Crippen molar-refractivity contribution in [3.8, 4) is 0 Å². The molecule has 2 heterocycles. The third kappa shape index (κ3) is 1.38. The Balaban J connectivity index is 1.88. The lowest BCUT2D eigenvalue weighted by Crippen LogP contribution is -2.57. The Labute approximate surface area is 94.9 Å². The van der Waals surface area contributed by atoms with Gasteiger partial charge in [-0.15, -0.1) is 0 Å². The standard InChI is InChI=1S/C12H16N4/c1-15(2)9-6-16(7-9)11-5-3-4-10-12(11)14-8-13-10/h3-5,8-9H,6-7H2,1-2H3,(H,13,14). The number of aromatic amines is 1. The average Bonchev–Trinajstić information content (AvgIpc) is 2.63. The molecule has 3 rings (SSSR count). The zero-order valence-electron chi connectivity index (χ0n) is 9.64.